The molecule has 1 aliphatic rings. The molecule has 1 aliphatic carbocycles. The van der Waals surface area contributed by atoms with Crippen LogP contribution < -0.4 is 0 Å². The summed E-state index contributed by atoms with van der Waals surface area (Å²) in [7, 11) is 0. The maximum absolute atomic E-state index is 9.39. The Hall–Kier alpha value is -1.04. The first-order chi connectivity index (χ1) is 5.77. The van der Waals surface area contributed by atoms with E-state index in [1.165, 1.54) is 38.5 Å². The summed E-state index contributed by atoms with van der Waals surface area (Å²) in [6, 6.07) is 0. The average Bonchev–Trinajstić information content (AvgIpc) is 2.08. The van der Waals surface area contributed by atoms with E-state index in [0.717, 1.165) is 0 Å². The highest BCUT2D eigenvalue weighted by Crippen LogP contribution is 2.15. The van der Waals surface area contributed by atoms with Gasteiger partial charge in [0.05, 0.1) is 0 Å². The second kappa shape index (κ2) is 8.06. The fourth-order valence-electron chi connectivity index (χ4n) is 1.13. The number of rotatable bonds is 1. The molecule has 0 amide bonds. The molecule has 0 aromatic heterocycles. The molecule has 1 N–H and O–H groups in total. The summed E-state index contributed by atoms with van der Waals surface area (Å²) in [5.74, 6) is -1.06. The van der Waals surface area contributed by atoms with E-state index < -0.39 is 12.5 Å². The number of hydrogen-bond acceptors (Lipinski definition) is 1. The van der Waals surface area contributed by atoms with E-state index in [1.54, 1.807) is 0 Å². The molecule has 0 radical (unpaired) electrons. The Morgan fingerprint density at radius 3 is 1.58 bits per heavy atom. The number of hydrogen-bond donors (Lipinski definition) is 1. The van der Waals surface area contributed by atoms with Gasteiger partial charge < -0.3 is 9.95 Å². The molecular weight excluding hydrogens is 154 g/mol. The molecule has 1 rings (SSSR count). The number of nitrogens with zero attached hydrogens (tertiary/aromatic N) is 1. The second-order valence-corrected chi connectivity index (χ2v) is 2.83. The lowest BCUT2D eigenvalue weighted by Gasteiger charge is -2.05. The van der Waals surface area contributed by atoms with Crippen LogP contribution in [0.5, 0.6) is 0 Å². The van der Waals surface area contributed by atoms with Crippen LogP contribution in [0, 0.1) is 6.57 Å². The maximum atomic E-state index is 9.39. The van der Waals surface area contributed by atoms with Crippen molar-refractivity contribution in [3.05, 3.63) is 11.4 Å². The van der Waals surface area contributed by atoms with Crippen molar-refractivity contribution < 1.29 is 9.90 Å². The molecule has 0 aliphatic heterocycles. The summed E-state index contributed by atoms with van der Waals surface area (Å²) in [6.45, 7) is 5.56. The molecule has 0 atom stereocenters. The van der Waals surface area contributed by atoms with Gasteiger partial charge in [-0.1, -0.05) is 38.5 Å². The van der Waals surface area contributed by atoms with Crippen LogP contribution in [-0.2, 0) is 4.79 Å². The topological polar surface area (TPSA) is 41.7 Å². The maximum Gasteiger partial charge on any atom is 0.384 e. The van der Waals surface area contributed by atoms with Crippen LogP contribution in [0.25, 0.3) is 4.85 Å². The van der Waals surface area contributed by atoms with E-state index in [0.29, 0.717) is 0 Å². The summed E-state index contributed by atoms with van der Waals surface area (Å²) in [6.07, 6.45) is 9.00. The van der Waals surface area contributed by atoms with Gasteiger partial charge in [0.2, 0.25) is 0 Å². The van der Waals surface area contributed by atoms with Crippen LogP contribution in [0.15, 0.2) is 0 Å². The third kappa shape index (κ3) is 8.96. The summed E-state index contributed by atoms with van der Waals surface area (Å²) in [5.41, 5.74) is 0. The molecule has 0 unspecified atom stereocenters. The number of carboxylic acids is 1. The van der Waals surface area contributed by atoms with E-state index in [4.69, 9.17) is 11.7 Å². The summed E-state index contributed by atoms with van der Waals surface area (Å²) in [4.78, 5) is 12.0. The van der Waals surface area contributed by atoms with Gasteiger partial charge in [-0.25, -0.2) is 11.4 Å². The quantitative estimate of drug-likeness (QED) is 0.612. The highest BCUT2D eigenvalue weighted by Gasteiger charge is 1.95. The van der Waals surface area contributed by atoms with E-state index in [9.17, 15) is 4.79 Å². The Bertz CT molecular complexity index is 145. The lowest BCUT2D eigenvalue weighted by molar-refractivity contribution is -0.134. The van der Waals surface area contributed by atoms with Crippen LogP contribution in [-0.4, -0.2) is 17.6 Å². The van der Waals surface area contributed by atoms with Crippen molar-refractivity contribution in [1.82, 2.24) is 0 Å². The Labute approximate surface area is 73.2 Å². The summed E-state index contributed by atoms with van der Waals surface area (Å²) < 4.78 is 0. The van der Waals surface area contributed by atoms with Crippen molar-refractivity contribution in [2.24, 2.45) is 0 Å². The summed E-state index contributed by atoms with van der Waals surface area (Å²) >= 11 is 0. The minimum absolute atomic E-state index is 0.417. The Balaban J connectivity index is 0.000000202. The standard InChI is InChI=1S/C6H12.C3H3NO2/c1-2-4-6-5-3-1;1-4-2-3(5)6/h1-6H2;2H2,(H,5,6). The second-order valence-electron chi connectivity index (χ2n) is 2.83. The molecular formula is C9H15NO2. The third-order valence-electron chi connectivity index (χ3n) is 1.71. The van der Waals surface area contributed by atoms with Crippen molar-refractivity contribution in [1.29, 1.82) is 0 Å². The van der Waals surface area contributed by atoms with Gasteiger partial charge in [-0.15, -0.1) is 0 Å². The van der Waals surface area contributed by atoms with Crippen LogP contribution in [0.4, 0.5) is 0 Å². The molecule has 0 saturated heterocycles. The number of carboxylic acid groups (broad SMARTS) is 1. The van der Waals surface area contributed by atoms with E-state index >= 15 is 0 Å². The van der Waals surface area contributed by atoms with Gasteiger partial charge in [0, 0.05) is 0 Å². The normalized spacial score (nSPS) is 15.2. The predicted molar refractivity (Wildman–Crippen MR) is 46.8 cm³/mol. The molecule has 3 heteroatoms. The fraction of sp³-hybridized carbons (Fsp3) is 0.778. The summed E-state index contributed by atoms with van der Waals surface area (Å²) in [5, 5.41) is 7.70. The Kier molecular flexibility index (Phi) is 7.36. The first kappa shape index (κ1) is 11.0. The lowest BCUT2D eigenvalue weighted by atomic mass is 10.0. The zero-order valence-electron chi connectivity index (χ0n) is 7.25. The van der Waals surface area contributed by atoms with Gasteiger partial charge in [-0.3, -0.25) is 0 Å². The van der Waals surface area contributed by atoms with Crippen LogP contribution in [0.1, 0.15) is 38.5 Å². The van der Waals surface area contributed by atoms with Crippen molar-refractivity contribution in [2.45, 2.75) is 38.5 Å². The Morgan fingerprint density at radius 1 is 1.17 bits per heavy atom. The van der Waals surface area contributed by atoms with Gasteiger partial charge in [0.25, 0.3) is 0 Å². The SMILES string of the molecule is C1CCCCC1.[C-]#[N+]CC(=O)O. The zero-order valence-corrected chi connectivity index (χ0v) is 7.25. The largest absolute Gasteiger partial charge is 0.476 e. The van der Waals surface area contributed by atoms with Crippen molar-refractivity contribution >= 4 is 5.97 Å². The minimum Gasteiger partial charge on any atom is -0.476 e. The Morgan fingerprint density at radius 2 is 1.50 bits per heavy atom. The average molecular weight is 169 g/mol. The predicted octanol–water partition coefficient (Wildman–Crippen LogP) is 2.33. The highest BCUT2D eigenvalue weighted by atomic mass is 16.4. The first-order valence-corrected chi connectivity index (χ1v) is 4.32. The van der Waals surface area contributed by atoms with Gasteiger partial charge in [0.15, 0.2) is 0 Å². The molecule has 1 saturated carbocycles. The van der Waals surface area contributed by atoms with E-state index in [2.05, 4.69) is 4.85 Å². The van der Waals surface area contributed by atoms with Gasteiger partial charge >= 0.3 is 12.5 Å². The van der Waals surface area contributed by atoms with Crippen LogP contribution in [0.3, 0.4) is 0 Å². The lowest BCUT2D eigenvalue weighted by Crippen LogP contribution is -1.95. The molecule has 1 fully saturated rings. The first-order valence-electron chi connectivity index (χ1n) is 4.32. The van der Waals surface area contributed by atoms with Crippen molar-refractivity contribution in [3.8, 4) is 0 Å². The van der Waals surface area contributed by atoms with Crippen molar-refractivity contribution in [3.63, 3.8) is 0 Å². The molecule has 68 valence electrons. The molecule has 0 heterocycles. The fourth-order valence-corrected chi connectivity index (χ4v) is 1.13. The molecule has 0 aromatic rings. The van der Waals surface area contributed by atoms with Gasteiger partial charge in [-0.2, -0.15) is 0 Å². The van der Waals surface area contributed by atoms with E-state index in [1.807, 2.05) is 0 Å². The smallest absolute Gasteiger partial charge is 0.384 e. The van der Waals surface area contributed by atoms with Gasteiger partial charge in [0.1, 0.15) is 0 Å². The van der Waals surface area contributed by atoms with Gasteiger partial charge in [-0.05, 0) is 0 Å². The molecule has 0 aromatic carbocycles. The highest BCUT2D eigenvalue weighted by molar-refractivity contribution is 5.70. The molecule has 0 spiro atoms. The van der Waals surface area contributed by atoms with Crippen LogP contribution in [0.2, 0.25) is 0 Å². The number of carbonyl (C=O) groups is 1. The zero-order chi connectivity index (χ0) is 9.23. The molecule has 12 heavy (non-hydrogen) atoms. The van der Waals surface area contributed by atoms with Crippen molar-refractivity contribution in [2.75, 3.05) is 6.54 Å². The minimum atomic E-state index is -1.06. The monoisotopic (exact) mass is 169 g/mol. The molecule has 0 bridgehead atoms. The number of aliphatic carboxylic acids is 1. The molecule has 3 nitrogen and oxygen atoms in total. The third-order valence-corrected chi connectivity index (χ3v) is 1.71. The van der Waals surface area contributed by atoms with Crippen LogP contribution >= 0.6 is 0 Å². The van der Waals surface area contributed by atoms with E-state index in [-0.39, 0.29) is 0 Å².